The summed E-state index contributed by atoms with van der Waals surface area (Å²) in [5.41, 5.74) is 6.51. The Morgan fingerprint density at radius 1 is 0.933 bits per heavy atom. The number of aryl methyl sites for hydroxylation is 2. The van der Waals surface area contributed by atoms with Gasteiger partial charge in [0.2, 0.25) is 0 Å². The van der Waals surface area contributed by atoms with Gasteiger partial charge in [-0.1, -0.05) is 83.4 Å². The average molecular weight is 418 g/mol. The van der Waals surface area contributed by atoms with Gasteiger partial charge in [-0.15, -0.1) is 0 Å². The maximum atomic E-state index is 11.2. The number of nitro benzene ring substituents is 1. The van der Waals surface area contributed by atoms with E-state index in [0.29, 0.717) is 17.3 Å². The Kier molecular flexibility index (Phi) is 5.38. The van der Waals surface area contributed by atoms with E-state index in [-0.39, 0.29) is 5.69 Å². The lowest BCUT2D eigenvalue weighted by Crippen LogP contribution is -2.04. The molecule has 0 aliphatic rings. The molecule has 0 radical (unpaired) electrons. The number of halogens is 1. The highest BCUT2D eigenvalue weighted by Gasteiger charge is 2.20. The summed E-state index contributed by atoms with van der Waals surface area (Å²) in [6, 6.07) is 22.7. The predicted molar refractivity (Wildman–Crippen MR) is 120 cm³/mol. The van der Waals surface area contributed by atoms with Crippen LogP contribution in [0.4, 0.5) is 5.69 Å². The van der Waals surface area contributed by atoms with Gasteiger partial charge >= 0.3 is 0 Å². The van der Waals surface area contributed by atoms with Crippen molar-refractivity contribution in [3.8, 4) is 22.5 Å². The summed E-state index contributed by atoms with van der Waals surface area (Å²) in [5.74, 6) is 0. The van der Waals surface area contributed by atoms with E-state index in [1.54, 1.807) is 12.1 Å². The van der Waals surface area contributed by atoms with E-state index in [2.05, 4.69) is 0 Å². The minimum Gasteiger partial charge on any atom is -0.258 e. The molecular weight excluding hydrogens is 398 g/mol. The molecule has 150 valence electrons. The fourth-order valence-corrected chi connectivity index (χ4v) is 3.73. The molecule has 4 aromatic rings. The predicted octanol–water partition coefficient (Wildman–Crippen LogP) is 6.44. The quantitative estimate of drug-likeness (QED) is 0.277. The van der Waals surface area contributed by atoms with Crippen molar-refractivity contribution in [3.05, 3.63) is 105 Å². The first kappa shape index (κ1) is 19.9. The smallest absolute Gasteiger partial charge is 0.258 e. The van der Waals surface area contributed by atoms with Crippen LogP contribution in [0.15, 0.2) is 72.8 Å². The molecule has 0 aliphatic heterocycles. The van der Waals surface area contributed by atoms with Crippen molar-refractivity contribution < 1.29 is 4.92 Å². The molecule has 0 N–H and O–H groups in total. The van der Waals surface area contributed by atoms with Gasteiger partial charge in [0.05, 0.1) is 22.2 Å². The van der Waals surface area contributed by atoms with Crippen molar-refractivity contribution in [3.63, 3.8) is 0 Å². The molecule has 0 aliphatic carbocycles. The van der Waals surface area contributed by atoms with Crippen LogP contribution in [0, 0.1) is 24.0 Å². The third-order valence-corrected chi connectivity index (χ3v) is 5.36. The van der Waals surface area contributed by atoms with Gasteiger partial charge in [-0.25, -0.2) is 0 Å². The third kappa shape index (κ3) is 3.98. The Morgan fingerprint density at radius 2 is 1.53 bits per heavy atom. The Hall–Kier alpha value is -3.44. The lowest BCUT2D eigenvalue weighted by atomic mass is 10.1. The molecule has 30 heavy (non-hydrogen) atoms. The number of hydrogen-bond acceptors (Lipinski definition) is 3. The number of nitrogens with zero attached hydrogens (tertiary/aromatic N) is 3. The first-order valence-electron chi connectivity index (χ1n) is 9.56. The van der Waals surface area contributed by atoms with E-state index in [4.69, 9.17) is 16.7 Å². The average Bonchev–Trinajstić information content (AvgIpc) is 3.05. The van der Waals surface area contributed by atoms with Crippen molar-refractivity contribution in [2.24, 2.45) is 0 Å². The normalized spacial score (nSPS) is 10.9. The summed E-state index contributed by atoms with van der Waals surface area (Å²) in [5, 5.41) is 16.5. The molecule has 0 unspecified atom stereocenters. The van der Waals surface area contributed by atoms with E-state index >= 15 is 0 Å². The zero-order valence-corrected chi connectivity index (χ0v) is 17.4. The number of nitro groups is 1. The van der Waals surface area contributed by atoms with Gasteiger partial charge in [0.15, 0.2) is 0 Å². The van der Waals surface area contributed by atoms with E-state index < -0.39 is 4.92 Å². The van der Waals surface area contributed by atoms with E-state index in [9.17, 15) is 10.1 Å². The molecule has 0 atom stereocenters. The van der Waals surface area contributed by atoms with E-state index in [0.717, 1.165) is 33.5 Å². The Balaban J connectivity index is 1.84. The van der Waals surface area contributed by atoms with Gasteiger partial charge in [-0.2, -0.15) is 5.10 Å². The molecule has 0 saturated heterocycles. The maximum Gasteiger partial charge on any atom is 0.269 e. The van der Waals surface area contributed by atoms with Crippen LogP contribution < -0.4 is 0 Å². The zero-order chi connectivity index (χ0) is 21.3. The molecular formula is C24H20ClN3O2. The molecule has 5 nitrogen and oxygen atoms in total. The highest BCUT2D eigenvalue weighted by Crippen LogP contribution is 2.37. The van der Waals surface area contributed by atoms with Crippen molar-refractivity contribution in [1.29, 1.82) is 0 Å². The van der Waals surface area contributed by atoms with Crippen molar-refractivity contribution in [1.82, 2.24) is 9.78 Å². The number of rotatable bonds is 5. The van der Waals surface area contributed by atoms with Crippen LogP contribution in [0.25, 0.3) is 22.5 Å². The molecule has 3 aromatic carbocycles. The van der Waals surface area contributed by atoms with Gasteiger partial charge in [-0.3, -0.25) is 14.8 Å². The molecule has 1 aromatic heterocycles. The van der Waals surface area contributed by atoms with Crippen LogP contribution >= 0.6 is 11.6 Å². The van der Waals surface area contributed by atoms with Gasteiger partial charge in [0.25, 0.3) is 5.69 Å². The summed E-state index contributed by atoms with van der Waals surface area (Å²) < 4.78 is 1.82. The van der Waals surface area contributed by atoms with Crippen LogP contribution in [-0.2, 0) is 6.54 Å². The van der Waals surface area contributed by atoms with Gasteiger partial charge in [-0.05, 0) is 19.4 Å². The first-order chi connectivity index (χ1) is 14.4. The lowest BCUT2D eigenvalue weighted by Gasteiger charge is -2.09. The molecule has 0 spiro atoms. The number of non-ortho nitro benzene ring substituents is 1. The molecule has 1 heterocycles. The number of hydrogen-bond donors (Lipinski definition) is 0. The number of aromatic nitrogens is 2. The van der Waals surface area contributed by atoms with Crippen LogP contribution in [0.1, 0.15) is 16.7 Å². The topological polar surface area (TPSA) is 61.0 Å². The molecule has 0 bridgehead atoms. The second-order valence-corrected chi connectivity index (χ2v) is 7.71. The second-order valence-electron chi connectivity index (χ2n) is 7.33. The minimum absolute atomic E-state index is 0.0568. The molecule has 0 saturated carbocycles. The fraction of sp³-hybridized carbons (Fsp3) is 0.125. The summed E-state index contributed by atoms with van der Waals surface area (Å²) in [6.45, 7) is 4.43. The summed E-state index contributed by atoms with van der Waals surface area (Å²) in [6.07, 6.45) is 0. The van der Waals surface area contributed by atoms with Gasteiger partial charge in [0.1, 0.15) is 5.69 Å². The highest BCUT2D eigenvalue weighted by molar-refractivity contribution is 6.35. The maximum absolute atomic E-state index is 11.2. The second kappa shape index (κ2) is 8.13. The SMILES string of the molecule is Cc1ccc(-c2nn(Cc3cccc([N+](=O)[O-])c3)c(-c3ccc(C)cc3)c2Cl)cc1. The summed E-state index contributed by atoms with van der Waals surface area (Å²) in [7, 11) is 0. The lowest BCUT2D eigenvalue weighted by molar-refractivity contribution is -0.384. The minimum atomic E-state index is -0.391. The zero-order valence-electron chi connectivity index (χ0n) is 16.7. The van der Waals surface area contributed by atoms with Gasteiger partial charge < -0.3 is 0 Å². The van der Waals surface area contributed by atoms with Crippen LogP contribution in [0.2, 0.25) is 5.02 Å². The van der Waals surface area contributed by atoms with Crippen molar-refractivity contribution >= 4 is 17.3 Å². The molecule has 6 heteroatoms. The Morgan fingerprint density at radius 3 is 2.13 bits per heavy atom. The van der Waals surface area contributed by atoms with E-state index in [1.807, 2.05) is 73.1 Å². The van der Waals surface area contributed by atoms with Crippen LogP contribution in [0.3, 0.4) is 0 Å². The largest absolute Gasteiger partial charge is 0.269 e. The van der Waals surface area contributed by atoms with Crippen molar-refractivity contribution in [2.45, 2.75) is 20.4 Å². The highest BCUT2D eigenvalue weighted by atomic mass is 35.5. The van der Waals surface area contributed by atoms with Crippen LogP contribution in [0.5, 0.6) is 0 Å². The molecule has 4 rings (SSSR count). The first-order valence-corrected chi connectivity index (χ1v) is 9.94. The monoisotopic (exact) mass is 417 g/mol. The third-order valence-electron chi connectivity index (χ3n) is 5.00. The van der Waals surface area contributed by atoms with Crippen LogP contribution in [-0.4, -0.2) is 14.7 Å². The van der Waals surface area contributed by atoms with E-state index in [1.165, 1.54) is 6.07 Å². The Labute approximate surface area is 179 Å². The molecule has 0 amide bonds. The fourth-order valence-electron chi connectivity index (χ4n) is 3.38. The number of benzene rings is 3. The van der Waals surface area contributed by atoms with Crippen molar-refractivity contribution in [2.75, 3.05) is 0 Å². The Bertz CT molecular complexity index is 1210. The summed E-state index contributed by atoms with van der Waals surface area (Å²) in [4.78, 5) is 10.8. The summed E-state index contributed by atoms with van der Waals surface area (Å²) >= 11 is 6.83. The standard InChI is InChI=1S/C24H20ClN3O2/c1-16-6-10-19(11-7-16)23-22(25)24(20-12-8-17(2)9-13-20)27(26-23)15-18-4-3-5-21(14-18)28(29)30/h3-14H,15H2,1-2H3. The van der Waals surface area contributed by atoms with Gasteiger partial charge in [0, 0.05) is 23.3 Å². The molecule has 0 fully saturated rings.